The molecule has 0 amide bonds. The molecule has 2 heterocycles. The predicted molar refractivity (Wildman–Crippen MR) is 102 cm³/mol. The molecule has 0 unspecified atom stereocenters. The minimum absolute atomic E-state index is 0.731. The molecular weight excluding hydrogens is 320 g/mol. The number of fused-ring (bicyclic) bond motifs is 1. The second-order valence-electron chi connectivity index (χ2n) is 5.43. The van der Waals surface area contributed by atoms with E-state index in [1.807, 2.05) is 32.0 Å². The molecule has 0 spiro atoms. The molecule has 0 aliphatic heterocycles. The van der Waals surface area contributed by atoms with Gasteiger partial charge in [0, 0.05) is 5.69 Å². The zero-order valence-corrected chi connectivity index (χ0v) is 15.7. The Labute approximate surface area is 147 Å². The van der Waals surface area contributed by atoms with Gasteiger partial charge in [-0.05, 0) is 37.6 Å². The highest BCUT2D eigenvalue weighted by Crippen LogP contribution is 2.27. The van der Waals surface area contributed by atoms with Crippen molar-refractivity contribution in [3.63, 3.8) is 0 Å². The van der Waals surface area contributed by atoms with Crippen LogP contribution in [0.2, 0.25) is 0 Å². The number of ether oxygens (including phenoxy) is 1. The lowest BCUT2D eigenvalue weighted by Crippen LogP contribution is -1.99. The van der Waals surface area contributed by atoms with Crippen LogP contribution < -0.4 is 10.1 Å². The van der Waals surface area contributed by atoms with E-state index in [0.29, 0.717) is 0 Å². The molecule has 0 radical (unpaired) electrons. The van der Waals surface area contributed by atoms with Crippen LogP contribution in [0.3, 0.4) is 0 Å². The molecule has 6 heteroatoms. The van der Waals surface area contributed by atoms with E-state index in [1.165, 1.54) is 24.2 Å². The largest absolute Gasteiger partial charge is 0.496 e. The van der Waals surface area contributed by atoms with Crippen LogP contribution in [0.1, 0.15) is 38.1 Å². The normalized spacial score (nSPS) is 10.2. The molecule has 3 aromatic rings. The number of hydrogen-bond acceptors (Lipinski definition) is 6. The van der Waals surface area contributed by atoms with Crippen molar-refractivity contribution in [1.82, 2.24) is 15.0 Å². The van der Waals surface area contributed by atoms with Crippen LogP contribution in [0.25, 0.3) is 10.3 Å². The Hall–Kier alpha value is -2.21. The highest BCUT2D eigenvalue weighted by atomic mass is 32.1. The number of rotatable bonds is 4. The van der Waals surface area contributed by atoms with Gasteiger partial charge in [-0.1, -0.05) is 26.7 Å². The maximum Gasteiger partial charge on any atom is 0.161 e. The second kappa shape index (κ2) is 8.59. The molecule has 0 fully saturated rings. The summed E-state index contributed by atoms with van der Waals surface area (Å²) in [6.45, 7) is 8.25. The van der Waals surface area contributed by atoms with Gasteiger partial charge in [-0.25, -0.2) is 15.0 Å². The first-order valence-corrected chi connectivity index (χ1v) is 8.96. The van der Waals surface area contributed by atoms with Gasteiger partial charge in [0.1, 0.15) is 21.9 Å². The average Bonchev–Trinajstić information content (AvgIpc) is 3.03. The molecule has 0 bridgehead atoms. The maximum atomic E-state index is 5.26. The molecular formula is C18H24N4OS. The Bertz CT molecular complexity index is 799. The Morgan fingerprint density at radius 2 is 1.88 bits per heavy atom. The van der Waals surface area contributed by atoms with Crippen LogP contribution in [0.5, 0.6) is 5.75 Å². The summed E-state index contributed by atoms with van der Waals surface area (Å²) in [6.07, 6.45) is 2.64. The van der Waals surface area contributed by atoms with E-state index in [4.69, 9.17) is 4.74 Å². The van der Waals surface area contributed by atoms with E-state index >= 15 is 0 Å². The van der Waals surface area contributed by atoms with Crippen molar-refractivity contribution in [3.05, 3.63) is 35.1 Å². The number of aromatic nitrogens is 3. The summed E-state index contributed by atoms with van der Waals surface area (Å²) < 4.78 is 5.26. The molecule has 0 atom stereocenters. The van der Waals surface area contributed by atoms with Gasteiger partial charge >= 0.3 is 0 Å². The van der Waals surface area contributed by atoms with Gasteiger partial charge in [-0.15, -0.1) is 11.3 Å². The Kier molecular flexibility index (Phi) is 6.49. The fraction of sp³-hybridized carbons (Fsp3) is 0.389. The number of hydrogen-bond donors (Lipinski definition) is 1. The number of aryl methyl sites for hydroxylation is 2. The molecule has 1 N–H and O–H groups in total. The molecule has 0 aliphatic carbocycles. The van der Waals surface area contributed by atoms with Gasteiger partial charge in [0.25, 0.3) is 0 Å². The number of nitrogens with one attached hydrogen (secondary N) is 1. The lowest BCUT2D eigenvalue weighted by Gasteiger charge is -2.10. The summed E-state index contributed by atoms with van der Waals surface area (Å²) in [7, 11) is 1.67. The smallest absolute Gasteiger partial charge is 0.161 e. The van der Waals surface area contributed by atoms with Gasteiger partial charge in [0.2, 0.25) is 0 Å². The zero-order chi connectivity index (χ0) is 17.5. The monoisotopic (exact) mass is 344 g/mol. The predicted octanol–water partition coefficient (Wildman–Crippen LogP) is 5.26. The van der Waals surface area contributed by atoms with Crippen LogP contribution in [-0.4, -0.2) is 22.1 Å². The second-order valence-corrected chi connectivity index (χ2v) is 6.27. The van der Waals surface area contributed by atoms with Crippen molar-refractivity contribution in [2.45, 2.75) is 40.5 Å². The topological polar surface area (TPSA) is 59.9 Å². The van der Waals surface area contributed by atoms with Gasteiger partial charge in [-0.2, -0.15) is 0 Å². The minimum Gasteiger partial charge on any atom is -0.496 e. The van der Waals surface area contributed by atoms with E-state index in [2.05, 4.69) is 34.1 Å². The van der Waals surface area contributed by atoms with Crippen LogP contribution in [0.4, 0.5) is 11.5 Å². The SMILES string of the molecule is CCCC.COc1ccc(Nc2nc(C)nc3scnc23)cc1C. The third kappa shape index (κ3) is 4.41. The molecule has 2 aromatic heterocycles. The highest BCUT2D eigenvalue weighted by Gasteiger charge is 2.09. The highest BCUT2D eigenvalue weighted by molar-refractivity contribution is 7.16. The van der Waals surface area contributed by atoms with E-state index in [0.717, 1.165) is 39.0 Å². The Morgan fingerprint density at radius 1 is 1.12 bits per heavy atom. The summed E-state index contributed by atoms with van der Waals surface area (Å²) in [5.41, 5.74) is 4.60. The standard InChI is InChI=1S/C14H14N4OS.C4H10/c1-8-6-10(4-5-11(8)19-3)18-13-12-14(20-7-15-12)17-9(2)16-13;1-3-4-2/h4-7H,1-3H3,(H,16,17,18);3-4H2,1-2H3. The number of unbranched alkanes of at least 4 members (excludes halogenated alkanes) is 1. The molecule has 3 rings (SSSR count). The number of nitrogens with zero attached hydrogens (tertiary/aromatic N) is 3. The number of thiazole rings is 1. The van der Waals surface area contributed by atoms with E-state index < -0.39 is 0 Å². The van der Waals surface area contributed by atoms with Crippen LogP contribution in [-0.2, 0) is 0 Å². The van der Waals surface area contributed by atoms with Crippen molar-refractivity contribution in [3.8, 4) is 5.75 Å². The lowest BCUT2D eigenvalue weighted by atomic mass is 10.2. The fourth-order valence-corrected chi connectivity index (χ4v) is 2.75. The van der Waals surface area contributed by atoms with Gasteiger partial charge in [-0.3, -0.25) is 0 Å². The maximum absolute atomic E-state index is 5.26. The lowest BCUT2D eigenvalue weighted by molar-refractivity contribution is 0.412. The first-order valence-electron chi connectivity index (χ1n) is 8.08. The summed E-state index contributed by atoms with van der Waals surface area (Å²) in [5, 5.41) is 3.30. The molecule has 128 valence electrons. The summed E-state index contributed by atoms with van der Waals surface area (Å²) in [5.74, 6) is 2.33. The zero-order valence-electron chi connectivity index (χ0n) is 14.9. The molecule has 5 nitrogen and oxygen atoms in total. The van der Waals surface area contributed by atoms with Crippen molar-refractivity contribution >= 4 is 33.2 Å². The van der Waals surface area contributed by atoms with E-state index in [1.54, 1.807) is 12.6 Å². The summed E-state index contributed by atoms with van der Waals surface area (Å²) in [6, 6.07) is 5.92. The van der Waals surface area contributed by atoms with Crippen molar-refractivity contribution in [1.29, 1.82) is 0 Å². The number of anilines is 2. The average molecular weight is 344 g/mol. The first-order chi connectivity index (χ1) is 11.6. The molecule has 1 aromatic carbocycles. The molecule has 0 saturated heterocycles. The fourth-order valence-electron chi connectivity index (χ4n) is 2.05. The third-order valence-corrected chi connectivity index (χ3v) is 4.19. The van der Waals surface area contributed by atoms with Crippen molar-refractivity contribution in [2.24, 2.45) is 0 Å². The van der Waals surface area contributed by atoms with E-state index in [-0.39, 0.29) is 0 Å². The van der Waals surface area contributed by atoms with E-state index in [9.17, 15) is 0 Å². The summed E-state index contributed by atoms with van der Waals surface area (Å²) >= 11 is 1.51. The van der Waals surface area contributed by atoms with Crippen LogP contribution in [0, 0.1) is 13.8 Å². The van der Waals surface area contributed by atoms with Crippen molar-refractivity contribution in [2.75, 3.05) is 12.4 Å². The third-order valence-electron chi connectivity index (χ3n) is 3.47. The minimum atomic E-state index is 0.731. The Morgan fingerprint density at radius 3 is 2.50 bits per heavy atom. The van der Waals surface area contributed by atoms with Gasteiger partial charge in [0.05, 0.1) is 12.6 Å². The molecule has 0 saturated carbocycles. The number of benzene rings is 1. The first kappa shape index (κ1) is 18.1. The van der Waals surface area contributed by atoms with Crippen molar-refractivity contribution < 1.29 is 4.74 Å². The summed E-state index contributed by atoms with van der Waals surface area (Å²) in [4.78, 5) is 14.0. The Balaban J connectivity index is 0.000000471. The number of methoxy groups -OCH3 is 1. The van der Waals surface area contributed by atoms with Gasteiger partial charge < -0.3 is 10.1 Å². The van der Waals surface area contributed by atoms with Crippen LogP contribution >= 0.6 is 11.3 Å². The molecule has 24 heavy (non-hydrogen) atoms. The quantitative estimate of drug-likeness (QED) is 0.699. The van der Waals surface area contributed by atoms with Gasteiger partial charge in [0.15, 0.2) is 5.82 Å². The van der Waals surface area contributed by atoms with Crippen LogP contribution in [0.15, 0.2) is 23.7 Å². The molecule has 0 aliphatic rings.